The number of hydrogen-bond acceptors (Lipinski definition) is 2. The zero-order chi connectivity index (χ0) is 12.8. The summed E-state index contributed by atoms with van der Waals surface area (Å²) in [6, 6.07) is 7.99. The zero-order valence-corrected chi connectivity index (χ0v) is 12.1. The number of nitrogens with zero attached hydrogens (tertiary/aromatic N) is 1. The molecule has 0 spiro atoms. The maximum Gasteiger partial charge on any atom is 0.226 e. The summed E-state index contributed by atoms with van der Waals surface area (Å²) >= 11 is 3.40. The normalized spacial score (nSPS) is 17.1. The zero-order valence-electron chi connectivity index (χ0n) is 10.5. The van der Waals surface area contributed by atoms with Crippen molar-refractivity contribution in [3.8, 4) is 0 Å². The van der Waals surface area contributed by atoms with Crippen LogP contribution in [0.25, 0.3) is 0 Å². The molecule has 98 valence electrons. The van der Waals surface area contributed by atoms with Crippen LogP contribution < -0.4 is 5.32 Å². The molecule has 2 rings (SSSR count). The van der Waals surface area contributed by atoms with Gasteiger partial charge in [0.1, 0.15) is 0 Å². The molecule has 18 heavy (non-hydrogen) atoms. The highest BCUT2D eigenvalue weighted by atomic mass is 79.9. The van der Waals surface area contributed by atoms with E-state index in [9.17, 15) is 4.79 Å². The lowest BCUT2D eigenvalue weighted by molar-refractivity contribution is -0.130. The summed E-state index contributed by atoms with van der Waals surface area (Å²) in [6.45, 7) is 3.79. The van der Waals surface area contributed by atoms with Crippen molar-refractivity contribution in [2.75, 3.05) is 26.2 Å². The molecule has 0 unspecified atom stereocenters. The minimum Gasteiger partial charge on any atom is -0.342 e. The van der Waals surface area contributed by atoms with Crippen LogP contribution in [0.3, 0.4) is 0 Å². The largest absolute Gasteiger partial charge is 0.342 e. The number of benzene rings is 1. The Labute approximate surface area is 117 Å². The Balaban J connectivity index is 1.91. The highest BCUT2D eigenvalue weighted by molar-refractivity contribution is 9.10. The third kappa shape index (κ3) is 4.10. The molecule has 0 saturated carbocycles. The summed E-state index contributed by atoms with van der Waals surface area (Å²) in [5, 5.41) is 3.36. The van der Waals surface area contributed by atoms with Gasteiger partial charge in [0, 0.05) is 17.6 Å². The van der Waals surface area contributed by atoms with E-state index in [0.29, 0.717) is 6.42 Å². The van der Waals surface area contributed by atoms with Crippen molar-refractivity contribution in [3.63, 3.8) is 0 Å². The van der Waals surface area contributed by atoms with Gasteiger partial charge in [-0.05, 0) is 43.6 Å². The van der Waals surface area contributed by atoms with Gasteiger partial charge in [0.25, 0.3) is 0 Å². The van der Waals surface area contributed by atoms with Gasteiger partial charge in [-0.3, -0.25) is 4.79 Å². The fraction of sp³-hybridized carbons (Fsp3) is 0.500. The van der Waals surface area contributed by atoms with E-state index in [0.717, 1.165) is 49.1 Å². The fourth-order valence-corrected chi connectivity index (χ4v) is 2.43. The third-order valence-corrected chi connectivity index (χ3v) is 3.71. The van der Waals surface area contributed by atoms with Gasteiger partial charge in [-0.25, -0.2) is 0 Å². The van der Waals surface area contributed by atoms with E-state index in [2.05, 4.69) is 21.2 Å². The van der Waals surface area contributed by atoms with Crippen molar-refractivity contribution >= 4 is 21.8 Å². The topological polar surface area (TPSA) is 32.3 Å². The summed E-state index contributed by atoms with van der Waals surface area (Å²) in [5.41, 5.74) is 1.09. The van der Waals surface area contributed by atoms with E-state index in [1.807, 2.05) is 29.2 Å². The van der Waals surface area contributed by atoms with Crippen LogP contribution >= 0.6 is 15.9 Å². The molecule has 1 aromatic rings. The molecule has 1 heterocycles. The van der Waals surface area contributed by atoms with Crippen LogP contribution in [0, 0.1) is 0 Å². The molecule has 0 radical (unpaired) electrons. The maximum atomic E-state index is 12.2. The van der Waals surface area contributed by atoms with Gasteiger partial charge >= 0.3 is 0 Å². The average molecular weight is 311 g/mol. The van der Waals surface area contributed by atoms with Crippen molar-refractivity contribution in [2.24, 2.45) is 0 Å². The van der Waals surface area contributed by atoms with Gasteiger partial charge < -0.3 is 10.2 Å². The van der Waals surface area contributed by atoms with E-state index in [1.54, 1.807) is 0 Å². The van der Waals surface area contributed by atoms with Crippen LogP contribution in [-0.2, 0) is 11.2 Å². The smallest absolute Gasteiger partial charge is 0.226 e. The number of carbonyl (C=O) groups excluding carboxylic acids is 1. The van der Waals surface area contributed by atoms with Crippen LogP contribution in [-0.4, -0.2) is 37.0 Å². The maximum absolute atomic E-state index is 12.2. The number of nitrogens with one attached hydrogen (secondary N) is 1. The van der Waals surface area contributed by atoms with E-state index >= 15 is 0 Å². The summed E-state index contributed by atoms with van der Waals surface area (Å²) in [4.78, 5) is 14.2. The number of amides is 1. The molecule has 0 aromatic heterocycles. The van der Waals surface area contributed by atoms with Crippen molar-refractivity contribution in [1.29, 1.82) is 0 Å². The lowest BCUT2D eigenvalue weighted by Crippen LogP contribution is -2.38. The van der Waals surface area contributed by atoms with Crippen LogP contribution in [0.15, 0.2) is 28.7 Å². The first-order valence-electron chi connectivity index (χ1n) is 6.48. The van der Waals surface area contributed by atoms with Crippen molar-refractivity contribution in [2.45, 2.75) is 19.3 Å². The second-order valence-corrected chi connectivity index (χ2v) is 5.56. The van der Waals surface area contributed by atoms with Crippen LogP contribution in [0.5, 0.6) is 0 Å². The molecule has 1 saturated heterocycles. The van der Waals surface area contributed by atoms with Gasteiger partial charge in [0.05, 0.1) is 6.42 Å². The predicted octanol–water partition coefficient (Wildman–Crippen LogP) is 2.20. The summed E-state index contributed by atoms with van der Waals surface area (Å²) in [6.07, 6.45) is 2.61. The van der Waals surface area contributed by atoms with Gasteiger partial charge in [0.15, 0.2) is 0 Å². The fourth-order valence-electron chi connectivity index (χ4n) is 2.16. The van der Waals surface area contributed by atoms with Crippen LogP contribution in [0.1, 0.15) is 18.4 Å². The molecule has 0 aliphatic carbocycles. The molecule has 1 N–H and O–H groups in total. The molecule has 3 nitrogen and oxygen atoms in total. The molecule has 1 aliphatic heterocycles. The Morgan fingerprint density at radius 3 is 2.39 bits per heavy atom. The SMILES string of the molecule is O=C(Cc1ccc(Br)cc1)N1CCCNCCC1. The number of halogens is 1. The Kier molecular flexibility index (Phi) is 5.20. The molecule has 0 bridgehead atoms. The third-order valence-electron chi connectivity index (χ3n) is 3.18. The van der Waals surface area contributed by atoms with Gasteiger partial charge in [-0.15, -0.1) is 0 Å². The van der Waals surface area contributed by atoms with Crippen LogP contribution in [0.2, 0.25) is 0 Å². The summed E-state index contributed by atoms with van der Waals surface area (Å²) < 4.78 is 1.05. The van der Waals surface area contributed by atoms with E-state index in [4.69, 9.17) is 0 Å². The average Bonchev–Trinajstić information content (AvgIpc) is 2.31. The van der Waals surface area contributed by atoms with Gasteiger partial charge in [-0.2, -0.15) is 0 Å². The molecule has 0 atom stereocenters. The van der Waals surface area contributed by atoms with Crippen molar-refractivity contribution in [1.82, 2.24) is 10.2 Å². The highest BCUT2D eigenvalue weighted by Gasteiger charge is 2.14. The van der Waals surface area contributed by atoms with Gasteiger partial charge in [-0.1, -0.05) is 28.1 Å². The first-order valence-corrected chi connectivity index (χ1v) is 7.28. The lowest BCUT2D eigenvalue weighted by atomic mass is 10.1. The van der Waals surface area contributed by atoms with E-state index in [-0.39, 0.29) is 5.91 Å². The quantitative estimate of drug-likeness (QED) is 0.908. The number of rotatable bonds is 2. The second kappa shape index (κ2) is 6.90. The van der Waals surface area contributed by atoms with Gasteiger partial charge in [0.2, 0.25) is 5.91 Å². The molecule has 1 amide bonds. The molecular formula is C14H19BrN2O. The predicted molar refractivity (Wildman–Crippen MR) is 76.5 cm³/mol. The minimum atomic E-state index is 0.249. The Hall–Kier alpha value is -0.870. The van der Waals surface area contributed by atoms with E-state index in [1.165, 1.54) is 0 Å². The first kappa shape index (κ1) is 13.6. The molecule has 1 aromatic carbocycles. The minimum absolute atomic E-state index is 0.249. The standard InChI is InChI=1S/C14H19BrN2O/c15-13-5-3-12(4-6-13)11-14(18)17-9-1-7-16-8-2-10-17/h3-6,16H,1-2,7-11H2. The molecule has 1 aliphatic rings. The van der Waals surface area contributed by atoms with Crippen molar-refractivity contribution in [3.05, 3.63) is 34.3 Å². The number of carbonyl (C=O) groups is 1. The molecule has 4 heteroatoms. The summed E-state index contributed by atoms with van der Waals surface area (Å²) in [5.74, 6) is 0.249. The van der Waals surface area contributed by atoms with Crippen LogP contribution in [0.4, 0.5) is 0 Å². The Bertz CT molecular complexity index is 383. The Morgan fingerprint density at radius 1 is 1.17 bits per heavy atom. The van der Waals surface area contributed by atoms with E-state index < -0.39 is 0 Å². The Morgan fingerprint density at radius 2 is 1.78 bits per heavy atom. The van der Waals surface area contributed by atoms with Crippen molar-refractivity contribution < 1.29 is 4.79 Å². The first-order chi connectivity index (χ1) is 8.75. The lowest BCUT2D eigenvalue weighted by Gasteiger charge is -2.25. The highest BCUT2D eigenvalue weighted by Crippen LogP contribution is 2.12. The summed E-state index contributed by atoms with van der Waals surface area (Å²) in [7, 11) is 0. The second-order valence-electron chi connectivity index (χ2n) is 4.64. The molecule has 1 fully saturated rings. The number of hydrogen-bond donors (Lipinski definition) is 1. The molecular weight excluding hydrogens is 292 g/mol. The monoisotopic (exact) mass is 310 g/mol.